The second kappa shape index (κ2) is 6.91. The SMILES string of the molecule is CC(C)NC(=O)N(CCO)Cc1ccccc1. The van der Waals surface area contributed by atoms with E-state index >= 15 is 0 Å². The van der Waals surface area contributed by atoms with Gasteiger partial charge in [-0.1, -0.05) is 30.3 Å². The summed E-state index contributed by atoms with van der Waals surface area (Å²) < 4.78 is 0. The fourth-order valence-electron chi connectivity index (χ4n) is 1.52. The predicted molar refractivity (Wildman–Crippen MR) is 67.6 cm³/mol. The average Bonchev–Trinajstić information content (AvgIpc) is 2.29. The molecule has 0 radical (unpaired) electrons. The minimum atomic E-state index is -0.141. The van der Waals surface area contributed by atoms with Crippen molar-refractivity contribution < 1.29 is 9.90 Å². The van der Waals surface area contributed by atoms with Crippen molar-refractivity contribution in [3.63, 3.8) is 0 Å². The Kier molecular flexibility index (Phi) is 5.49. The first-order valence-corrected chi connectivity index (χ1v) is 5.83. The maximum absolute atomic E-state index is 11.9. The van der Waals surface area contributed by atoms with Gasteiger partial charge in [-0.3, -0.25) is 0 Å². The minimum Gasteiger partial charge on any atom is -0.395 e. The minimum absolute atomic E-state index is 0.0294. The third kappa shape index (κ3) is 4.87. The molecule has 0 aliphatic rings. The van der Waals surface area contributed by atoms with Crippen molar-refractivity contribution in [3.05, 3.63) is 35.9 Å². The molecule has 0 atom stereocenters. The van der Waals surface area contributed by atoms with Gasteiger partial charge in [-0.2, -0.15) is 0 Å². The van der Waals surface area contributed by atoms with Crippen molar-refractivity contribution in [1.82, 2.24) is 10.2 Å². The molecule has 0 aliphatic carbocycles. The number of carbonyl (C=O) groups excluding carboxylic acids is 1. The summed E-state index contributed by atoms with van der Waals surface area (Å²) in [4.78, 5) is 13.5. The van der Waals surface area contributed by atoms with Gasteiger partial charge < -0.3 is 15.3 Å². The number of benzene rings is 1. The van der Waals surface area contributed by atoms with Gasteiger partial charge in [-0.15, -0.1) is 0 Å². The molecule has 0 bridgehead atoms. The Bertz CT molecular complexity index is 339. The van der Waals surface area contributed by atoms with Crippen LogP contribution in [-0.2, 0) is 6.54 Å². The van der Waals surface area contributed by atoms with Gasteiger partial charge in [0.05, 0.1) is 6.61 Å². The normalized spacial score (nSPS) is 10.4. The van der Waals surface area contributed by atoms with E-state index in [1.54, 1.807) is 4.90 Å². The quantitative estimate of drug-likeness (QED) is 0.816. The lowest BCUT2D eigenvalue weighted by atomic mass is 10.2. The highest BCUT2D eigenvalue weighted by Gasteiger charge is 2.13. The largest absolute Gasteiger partial charge is 0.395 e. The molecule has 0 aromatic heterocycles. The van der Waals surface area contributed by atoms with E-state index in [0.29, 0.717) is 13.1 Å². The van der Waals surface area contributed by atoms with Crippen LogP contribution in [0.2, 0.25) is 0 Å². The maximum Gasteiger partial charge on any atom is 0.317 e. The molecule has 2 amide bonds. The molecule has 94 valence electrons. The predicted octanol–water partition coefficient (Wildman–Crippen LogP) is 1.60. The topological polar surface area (TPSA) is 52.6 Å². The summed E-state index contributed by atoms with van der Waals surface area (Å²) in [5.41, 5.74) is 1.06. The lowest BCUT2D eigenvalue weighted by Crippen LogP contribution is -2.43. The van der Waals surface area contributed by atoms with Crippen molar-refractivity contribution in [2.45, 2.75) is 26.4 Å². The highest BCUT2D eigenvalue weighted by molar-refractivity contribution is 5.74. The Morgan fingerprint density at radius 3 is 2.53 bits per heavy atom. The summed E-state index contributed by atoms with van der Waals surface area (Å²) in [6.45, 7) is 4.65. The van der Waals surface area contributed by atoms with E-state index < -0.39 is 0 Å². The first kappa shape index (κ1) is 13.5. The first-order chi connectivity index (χ1) is 8.13. The van der Waals surface area contributed by atoms with Crippen LogP contribution in [0.15, 0.2) is 30.3 Å². The number of urea groups is 1. The van der Waals surface area contributed by atoms with Crippen LogP contribution in [0, 0.1) is 0 Å². The average molecular weight is 236 g/mol. The second-order valence-corrected chi connectivity index (χ2v) is 4.23. The smallest absolute Gasteiger partial charge is 0.317 e. The molecule has 0 fully saturated rings. The number of rotatable bonds is 5. The number of hydrogen-bond acceptors (Lipinski definition) is 2. The maximum atomic E-state index is 11.9. The molecule has 1 aromatic carbocycles. The van der Waals surface area contributed by atoms with E-state index in [0.717, 1.165) is 5.56 Å². The van der Waals surface area contributed by atoms with Crippen molar-refractivity contribution in [2.24, 2.45) is 0 Å². The number of aliphatic hydroxyl groups excluding tert-OH is 1. The molecule has 0 saturated carbocycles. The van der Waals surface area contributed by atoms with Gasteiger partial charge in [0.25, 0.3) is 0 Å². The van der Waals surface area contributed by atoms with Gasteiger partial charge in [-0.25, -0.2) is 4.79 Å². The molecule has 1 aromatic rings. The van der Waals surface area contributed by atoms with E-state index in [4.69, 9.17) is 5.11 Å². The Morgan fingerprint density at radius 1 is 1.35 bits per heavy atom. The zero-order chi connectivity index (χ0) is 12.7. The summed E-state index contributed by atoms with van der Waals surface area (Å²) in [5, 5.41) is 11.8. The summed E-state index contributed by atoms with van der Waals surface area (Å²) >= 11 is 0. The second-order valence-electron chi connectivity index (χ2n) is 4.23. The number of hydrogen-bond donors (Lipinski definition) is 2. The fraction of sp³-hybridized carbons (Fsp3) is 0.462. The van der Waals surface area contributed by atoms with Crippen LogP contribution in [0.4, 0.5) is 4.79 Å². The van der Waals surface area contributed by atoms with E-state index in [9.17, 15) is 4.79 Å². The molecule has 0 aliphatic heterocycles. The molecule has 2 N–H and O–H groups in total. The lowest BCUT2D eigenvalue weighted by molar-refractivity contribution is 0.172. The van der Waals surface area contributed by atoms with E-state index in [2.05, 4.69) is 5.32 Å². The molecule has 0 unspecified atom stereocenters. The molecule has 4 heteroatoms. The molecule has 0 spiro atoms. The van der Waals surface area contributed by atoms with Crippen LogP contribution in [0.25, 0.3) is 0 Å². The number of nitrogens with one attached hydrogen (secondary N) is 1. The van der Waals surface area contributed by atoms with Crippen molar-refractivity contribution in [1.29, 1.82) is 0 Å². The molecule has 1 rings (SSSR count). The van der Waals surface area contributed by atoms with E-state index in [1.165, 1.54) is 0 Å². The third-order valence-corrected chi connectivity index (χ3v) is 2.29. The number of carbonyl (C=O) groups is 1. The number of nitrogens with zero attached hydrogens (tertiary/aromatic N) is 1. The standard InChI is InChI=1S/C13H20N2O2/c1-11(2)14-13(17)15(8-9-16)10-12-6-4-3-5-7-12/h3-7,11,16H,8-10H2,1-2H3,(H,14,17). The van der Waals surface area contributed by atoms with Gasteiger partial charge in [-0.05, 0) is 19.4 Å². The van der Waals surface area contributed by atoms with E-state index in [1.807, 2.05) is 44.2 Å². The third-order valence-electron chi connectivity index (χ3n) is 2.29. The molecular formula is C13H20N2O2. The Balaban J connectivity index is 2.63. The molecule has 0 heterocycles. The highest BCUT2D eigenvalue weighted by Crippen LogP contribution is 2.04. The first-order valence-electron chi connectivity index (χ1n) is 5.83. The van der Waals surface area contributed by atoms with Crippen molar-refractivity contribution in [2.75, 3.05) is 13.2 Å². The number of amides is 2. The van der Waals surface area contributed by atoms with Gasteiger partial charge in [0.15, 0.2) is 0 Å². The summed E-state index contributed by atoms with van der Waals surface area (Å²) in [5.74, 6) is 0. The van der Waals surface area contributed by atoms with Crippen LogP contribution in [0.3, 0.4) is 0 Å². The molecular weight excluding hydrogens is 216 g/mol. The lowest BCUT2D eigenvalue weighted by Gasteiger charge is -2.23. The zero-order valence-corrected chi connectivity index (χ0v) is 10.4. The molecule has 0 saturated heterocycles. The Labute approximate surface area is 102 Å². The van der Waals surface area contributed by atoms with E-state index in [-0.39, 0.29) is 18.7 Å². The zero-order valence-electron chi connectivity index (χ0n) is 10.4. The fourth-order valence-corrected chi connectivity index (χ4v) is 1.52. The molecule has 4 nitrogen and oxygen atoms in total. The number of aliphatic hydroxyl groups is 1. The van der Waals surface area contributed by atoms with Gasteiger partial charge in [0.1, 0.15) is 0 Å². The van der Waals surface area contributed by atoms with Crippen molar-refractivity contribution >= 4 is 6.03 Å². The summed E-state index contributed by atoms with van der Waals surface area (Å²) in [6.07, 6.45) is 0. The Morgan fingerprint density at radius 2 is 2.00 bits per heavy atom. The van der Waals surface area contributed by atoms with Gasteiger partial charge in [0, 0.05) is 19.1 Å². The van der Waals surface area contributed by atoms with Gasteiger partial charge >= 0.3 is 6.03 Å². The summed E-state index contributed by atoms with van der Waals surface area (Å²) in [7, 11) is 0. The van der Waals surface area contributed by atoms with Crippen LogP contribution in [0.1, 0.15) is 19.4 Å². The van der Waals surface area contributed by atoms with Gasteiger partial charge in [0.2, 0.25) is 0 Å². The van der Waals surface area contributed by atoms with Crippen LogP contribution < -0.4 is 5.32 Å². The van der Waals surface area contributed by atoms with Crippen molar-refractivity contribution in [3.8, 4) is 0 Å². The van der Waals surface area contributed by atoms with Crippen LogP contribution in [0.5, 0.6) is 0 Å². The van der Waals surface area contributed by atoms with Crippen LogP contribution >= 0.6 is 0 Å². The monoisotopic (exact) mass is 236 g/mol. The Hall–Kier alpha value is -1.55. The highest BCUT2D eigenvalue weighted by atomic mass is 16.3. The van der Waals surface area contributed by atoms with Crippen LogP contribution in [-0.4, -0.2) is 35.2 Å². The molecule has 17 heavy (non-hydrogen) atoms. The summed E-state index contributed by atoms with van der Waals surface area (Å²) in [6, 6.07) is 9.70.